The maximum Gasteiger partial charge on any atom is 0.223 e. The highest BCUT2D eigenvalue weighted by Crippen LogP contribution is 2.24. The number of ether oxygens (including phenoxy) is 1. The summed E-state index contributed by atoms with van der Waals surface area (Å²) in [5.74, 6) is 2.42. The summed E-state index contributed by atoms with van der Waals surface area (Å²) in [6, 6.07) is 0. The van der Waals surface area contributed by atoms with Crippen molar-refractivity contribution in [2.75, 3.05) is 19.7 Å². The normalized spacial score (nSPS) is 25.1. The number of morpholine rings is 1. The zero-order chi connectivity index (χ0) is 15.5. The number of hydrogen-bond acceptors (Lipinski definition) is 4. The number of amides is 1. The first-order valence-electron chi connectivity index (χ1n) is 8.11. The highest BCUT2D eigenvalue weighted by atomic mass is 16.5. The molecule has 1 aliphatic carbocycles. The van der Waals surface area contributed by atoms with Gasteiger partial charge in [-0.3, -0.25) is 9.89 Å². The van der Waals surface area contributed by atoms with Crippen LogP contribution in [0.5, 0.6) is 0 Å². The van der Waals surface area contributed by atoms with E-state index in [9.17, 15) is 4.79 Å². The van der Waals surface area contributed by atoms with Crippen molar-refractivity contribution in [3.63, 3.8) is 0 Å². The van der Waals surface area contributed by atoms with Gasteiger partial charge >= 0.3 is 0 Å². The number of carbonyl (C=O) groups is 1. The topological polar surface area (TPSA) is 71.1 Å². The second-order valence-electron chi connectivity index (χ2n) is 6.40. The van der Waals surface area contributed by atoms with Crippen LogP contribution in [0.4, 0.5) is 0 Å². The van der Waals surface area contributed by atoms with Crippen LogP contribution < -0.4 is 0 Å². The third kappa shape index (κ3) is 3.38. The highest BCUT2D eigenvalue weighted by Gasteiger charge is 2.29. The van der Waals surface area contributed by atoms with E-state index in [1.54, 1.807) is 0 Å². The summed E-state index contributed by atoms with van der Waals surface area (Å²) in [4.78, 5) is 18.8. The molecule has 6 nitrogen and oxygen atoms in total. The SMILES string of the molecule is CC(C)c1n[nH]c([C@H]2CN(C(=O)C[C@H]3C=CCC3)CCO2)n1. The van der Waals surface area contributed by atoms with Gasteiger partial charge in [-0.15, -0.1) is 0 Å². The van der Waals surface area contributed by atoms with Gasteiger partial charge in [-0.05, 0) is 18.8 Å². The van der Waals surface area contributed by atoms with Gasteiger partial charge in [0.1, 0.15) is 6.10 Å². The van der Waals surface area contributed by atoms with E-state index in [1.807, 2.05) is 4.90 Å². The Morgan fingerprint density at radius 2 is 2.41 bits per heavy atom. The van der Waals surface area contributed by atoms with Gasteiger partial charge in [0.2, 0.25) is 5.91 Å². The first kappa shape index (κ1) is 15.2. The predicted octanol–water partition coefficient (Wildman–Crippen LogP) is 2.18. The lowest BCUT2D eigenvalue weighted by Crippen LogP contribution is -2.43. The molecule has 1 aliphatic heterocycles. The summed E-state index contributed by atoms with van der Waals surface area (Å²) in [5.41, 5.74) is 0. The molecule has 1 aromatic heterocycles. The van der Waals surface area contributed by atoms with Gasteiger partial charge in [0, 0.05) is 18.9 Å². The Kier molecular flexibility index (Phi) is 4.57. The minimum Gasteiger partial charge on any atom is -0.367 e. The van der Waals surface area contributed by atoms with Gasteiger partial charge in [0.15, 0.2) is 11.6 Å². The van der Waals surface area contributed by atoms with E-state index in [1.165, 1.54) is 0 Å². The number of rotatable bonds is 4. The third-order valence-electron chi connectivity index (χ3n) is 4.31. The van der Waals surface area contributed by atoms with Gasteiger partial charge in [-0.1, -0.05) is 26.0 Å². The number of hydrogen-bond donors (Lipinski definition) is 1. The molecule has 120 valence electrons. The second-order valence-corrected chi connectivity index (χ2v) is 6.40. The number of carbonyl (C=O) groups excluding carboxylic acids is 1. The van der Waals surface area contributed by atoms with Crippen molar-refractivity contribution >= 4 is 5.91 Å². The molecule has 1 fully saturated rings. The fourth-order valence-corrected chi connectivity index (χ4v) is 2.95. The van der Waals surface area contributed by atoms with Crippen LogP contribution in [0, 0.1) is 5.92 Å². The van der Waals surface area contributed by atoms with Gasteiger partial charge in [-0.2, -0.15) is 5.10 Å². The summed E-state index contributed by atoms with van der Waals surface area (Å²) in [6.45, 7) is 5.88. The van der Waals surface area contributed by atoms with E-state index < -0.39 is 0 Å². The molecule has 0 bridgehead atoms. The molecular weight excluding hydrogens is 280 g/mol. The van der Waals surface area contributed by atoms with Crippen LogP contribution in [0.15, 0.2) is 12.2 Å². The molecule has 1 N–H and O–H groups in total. The van der Waals surface area contributed by atoms with Crippen molar-refractivity contribution in [2.45, 2.75) is 45.1 Å². The monoisotopic (exact) mass is 304 g/mol. The number of nitrogens with zero attached hydrogens (tertiary/aromatic N) is 3. The van der Waals surface area contributed by atoms with Crippen LogP contribution in [0.25, 0.3) is 0 Å². The van der Waals surface area contributed by atoms with E-state index in [0.29, 0.717) is 32.0 Å². The molecule has 1 amide bonds. The number of allylic oxidation sites excluding steroid dienone is 2. The van der Waals surface area contributed by atoms with E-state index >= 15 is 0 Å². The van der Waals surface area contributed by atoms with Crippen molar-refractivity contribution in [1.29, 1.82) is 0 Å². The van der Waals surface area contributed by atoms with Crippen molar-refractivity contribution in [1.82, 2.24) is 20.1 Å². The second kappa shape index (κ2) is 6.60. The lowest BCUT2D eigenvalue weighted by atomic mass is 10.0. The Labute approximate surface area is 130 Å². The lowest BCUT2D eigenvalue weighted by molar-refractivity contribution is -0.140. The summed E-state index contributed by atoms with van der Waals surface area (Å²) in [6.07, 6.45) is 6.94. The molecular formula is C16H24N4O2. The average Bonchev–Trinajstić information content (AvgIpc) is 3.18. The van der Waals surface area contributed by atoms with Gasteiger partial charge < -0.3 is 9.64 Å². The Morgan fingerprint density at radius 1 is 1.55 bits per heavy atom. The first-order chi connectivity index (χ1) is 10.6. The average molecular weight is 304 g/mol. The summed E-state index contributed by atoms with van der Waals surface area (Å²) in [5, 5.41) is 7.17. The van der Waals surface area contributed by atoms with Crippen LogP contribution in [-0.4, -0.2) is 45.7 Å². The Morgan fingerprint density at radius 3 is 3.09 bits per heavy atom. The van der Waals surface area contributed by atoms with Crippen molar-refractivity contribution < 1.29 is 9.53 Å². The molecule has 2 aliphatic rings. The van der Waals surface area contributed by atoms with Gasteiger partial charge in [0.05, 0.1) is 13.2 Å². The minimum atomic E-state index is -0.197. The van der Waals surface area contributed by atoms with Crippen LogP contribution in [0.2, 0.25) is 0 Å². The van der Waals surface area contributed by atoms with Crippen molar-refractivity contribution in [3.05, 3.63) is 23.8 Å². The smallest absolute Gasteiger partial charge is 0.223 e. The molecule has 0 saturated carbocycles. The van der Waals surface area contributed by atoms with Crippen LogP contribution in [0.1, 0.15) is 56.8 Å². The number of H-pyrrole nitrogens is 1. The third-order valence-corrected chi connectivity index (χ3v) is 4.31. The van der Waals surface area contributed by atoms with Crippen LogP contribution in [-0.2, 0) is 9.53 Å². The maximum atomic E-state index is 12.4. The first-order valence-corrected chi connectivity index (χ1v) is 8.11. The molecule has 0 unspecified atom stereocenters. The quantitative estimate of drug-likeness (QED) is 0.866. The molecule has 0 radical (unpaired) electrons. The molecule has 3 rings (SSSR count). The largest absolute Gasteiger partial charge is 0.367 e. The van der Waals surface area contributed by atoms with Crippen LogP contribution in [0.3, 0.4) is 0 Å². The zero-order valence-corrected chi connectivity index (χ0v) is 13.3. The molecule has 2 heterocycles. The lowest BCUT2D eigenvalue weighted by Gasteiger charge is -2.32. The number of nitrogens with one attached hydrogen (secondary N) is 1. The Hall–Kier alpha value is -1.69. The minimum absolute atomic E-state index is 0.197. The van der Waals surface area contributed by atoms with Crippen LogP contribution >= 0.6 is 0 Å². The maximum absolute atomic E-state index is 12.4. The van der Waals surface area contributed by atoms with E-state index in [0.717, 1.165) is 24.5 Å². The molecule has 22 heavy (non-hydrogen) atoms. The number of aromatic nitrogens is 3. The predicted molar refractivity (Wildman–Crippen MR) is 82.2 cm³/mol. The fraction of sp³-hybridized carbons (Fsp3) is 0.688. The molecule has 6 heteroatoms. The highest BCUT2D eigenvalue weighted by molar-refractivity contribution is 5.76. The van der Waals surface area contributed by atoms with Crippen molar-refractivity contribution in [3.8, 4) is 0 Å². The van der Waals surface area contributed by atoms with Gasteiger partial charge in [0.25, 0.3) is 0 Å². The standard InChI is InChI=1S/C16H24N4O2/c1-11(2)15-17-16(19-18-15)13-10-20(7-8-22-13)14(21)9-12-5-3-4-6-12/h3,5,11-13H,4,6-10H2,1-2H3,(H,17,18,19)/t12-,13+/m0/s1. The zero-order valence-electron chi connectivity index (χ0n) is 13.3. The number of aromatic amines is 1. The fourth-order valence-electron chi connectivity index (χ4n) is 2.95. The Bertz CT molecular complexity index is 552. The molecule has 2 atom stereocenters. The van der Waals surface area contributed by atoms with E-state index in [-0.39, 0.29) is 17.9 Å². The molecule has 1 aromatic rings. The van der Waals surface area contributed by atoms with Gasteiger partial charge in [-0.25, -0.2) is 4.98 Å². The van der Waals surface area contributed by atoms with E-state index in [4.69, 9.17) is 4.74 Å². The molecule has 0 spiro atoms. The Balaban J connectivity index is 1.60. The van der Waals surface area contributed by atoms with E-state index in [2.05, 4.69) is 41.2 Å². The summed E-state index contributed by atoms with van der Waals surface area (Å²) < 4.78 is 5.77. The molecule has 1 saturated heterocycles. The van der Waals surface area contributed by atoms with Crippen molar-refractivity contribution in [2.24, 2.45) is 5.92 Å². The molecule has 0 aromatic carbocycles. The summed E-state index contributed by atoms with van der Waals surface area (Å²) >= 11 is 0. The summed E-state index contributed by atoms with van der Waals surface area (Å²) in [7, 11) is 0.